The van der Waals surface area contributed by atoms with Crippen LogP contribution in [0.15, 0.2) is 48.5 Å². The van der Waals surface area contributed by atoms with Gasteiger partial charge >= 0.3 is 0 Å². The van der Waals surface area contributed by atoms with Crippen molar-refractivity contribution >= 4 is 11.6 Å². The Labute approximate surface area is 305 Å². The lowest BCUT2D eigenvalue weighted by Crippen LogP contribution is -2.36. The third-order valence-corrected chi connectivity index (χ3v) is 8.07. The van der Waals surface area contributed by atoms with Gasteiger partial charge < -0.3 is 44.0 Å². The average Bonchev–Trinajstić information content (AvgIpc) is 3.08. The quantitative estimate of drug-likeness (QED) is 0.115. The van der Waals surface area contributed by atoms with Crippen LogP contribution in [0.1, 0.15) is 107 Å². The van der Waals surface area contributed by atoms with Gasteiger partial charge in [-0.2, -0.15) is 0 Å². The van der Waals surface area contributed by atoms with Gasteiger partial charge in [0.2, 0.25) is 0 Å². The van der Waals surface area contributed by atoms with Crippen molar-refractivity contribution in [2.75, 3.05) is 46.8 Å². The Morgan fingerprint density at radius 3 is 1.14 bits per heavy atom. The molecule has 288 valence electrons. The number of ether oxygens (including phenoxy) is 6. The fraction of sp³-hybridized carbons (Fsp3) is 0.650. The van der Waals surface area contributed by atoms with Crippen molar-refractivity contribution in [3.05, 3.63) is 70.8 Å². The molecule has 11 nitrogen and oxygen atoms in total. The van der Waals surface area contributed by atoms with E-state index in [4.69, 9.17) is 28.4 Å². The summed E-state index contributed by atoms with van der Waals surface area (Å²) in [6.07, 6.45) is -0.439. The Morgan fingerprint density at radius 1 is 0.549 bits per heavy atom. The van der Waals surface area contributed by atoms with Gasteiger partial charge in [-0.15, -0.1) is 0 Å². The molecule has 0 spiro atoms. The maximum absolute atomic E-state index is 12.6. The molecule has 0 radical (unpaired) electrons. The monoisotopic (exact) mass is 717 g/mol. The molecule has 2 rings (SSSR count). The lowest BCUT2D eigenvalue weighted by Gasteiger charge is -2.26. The SMILES string of the molecule is COCC(C)OCC(C)OCC(C)OCC(C)OCC(C)OCC(C)NC(c1ccc(C(=O)C(C)(C)O)cc1)c1ccc(C(=O)C(C)(C)O)cc1. The Balaban J connectivity index is 1.92. The van der Waals surface area contributed by atoms with Gasteiger partial charge in [0.25, 0.3) is 0 Å². The first-order chi connectivity index (χ1) is 23.8. The zero-order valence-electron chi connectivity index (χ0n) is 32.6. The van der Waals surface area contributed by atoms with E-state index in [2.05, 4.69) is 5.32 Å². The lowest BCUT2D eigenvalue weighted by molar-refractivity contribution is -0.0988. The first-order valence-corrected chi connectivity index (χ1v) is 17.9. The fourth-order valence-corrected chi connectivity index (χ4v) is 5.06. The normalized spacial score (nSPS) is 16.0. The maximum Gasteiger partial charge on any atom is 0.193 e. The molecule has 0 bridgehead atoms. The number of aliphatic hydroxyl groups is 2. The van der Waals surface area contributed by atoms with Crippen molar-refractivity contribution < 1.29 is 48.2 Å². The van der Waals surface area contributed by atoms with E-state index >= 15 is 0 Å². The molecule has 0 aliphatic rings. The third-order valence-electron chi connectivity index (χ3n) is 8.07. The van der Waals surface area contributed by atoms with Gasteiger partial charge in [0.05, 0.1) is 76.2 Å². The second-order valence-corrected chi connectivity index (χ2v) is 14.7. The minimum atomic E-state index is -1.48. The number of benzene rings is 2. The maximum atomic E-state index is 12.6. The zero-order chi connectivity index (χ0) is 38.4. The molecule has 0 saturated carbocycles. The number of hydrogen-bond acceptors (Lipinski definition) is 11. The second-order valence-electron chi connectivity index (χ2n) is 14.7. The van der Waals surface area contributed by atoms with Crippen LogP contribution in [0.2, 0.25) is 0 Å². The van der Waals surface area contributed by atoms with Crippen LogP contribution >= 0.6 is 0 Å². The summed E-state index contributed by atoms with van der Waals surface area (Å²) in [5.41, 5.74) is -0.366. The van der Waals surface area contributed by atoms with Crippen LogP contribution in [-0.2, 0) is 28.4 Å². The molecule has 0 aliphatic heterocycles. The van der Waals surface area contributed by atoms with E-state index in [0.29, 0.717) is 50.8 Å². The van der Waals surface area contributed by atoms with E-state index in [-0.39, 0.29) is 54.2 Å². The number of Topliss-reactive ketones (excluding diaryl/α,β-unsaturated/α-hetero) is 2. The highest BCUT2D eigenvalue weighted by atomic mass is 16.6. The van der Waals surface area contributed by atoms with Gasteiger partial charge in [-0.05, 0) is 80.4 Å². The highest BCUT2D eigenvalue weighted by Crippen LogP contribution is 2.26. The van der Waals surface area contributed by atoms with Gasteiger partial charge in [-0.25, -0.2) is 0 Å². The average molecular weight is 718 g/mol. The van der Waals surface area contributed by atoms with Crippen LogP contribution in [0, 0.1) is 0 Å². The van der Waals surface area contributed by atoms with E-state index in [0.717, 1.165) is 11.1 Å². The van der Waals surface area contributed by atoms with Crippen LogP contribution in [0.5, 0.6) is 0 Å². The summed E-state index contributed by atoms with van der Waals surface area (Å²) in [5, 5.41) is 24.0. The second kappa shape index (κ2) is 21.2. The van der Waals surface area contributed by atoms with Crippen LogP contribution in [0.25, 0.3) is 0 Å². The van der Waals surface area contributed by atoms with E-state index < -0.39 is 11.2 Å². The Kier molecular flexibility index (Phi) is 18.5. The minimum Gasteiger partial charge on any atom is -0.382 e. The van der Waals surface area contributed by atoms with Crippen molar-refractivity contribution in [1.82, 2.24) is 5.32 Å². The molecule has 0 saturated heterocycles. The van der Waals surface area contributed by atoms with E-state index in [1.807, 2.05) is 65.8 Å². The molecule has 6 unspecified atom stereocenters. The standard InChI is InChI=1S/C40H63NO10/c1-26(20-47-28(3)22-49-30(5)24-51-31(6)25-50-29(4)23-48-27(2)21-46-11)41-36(32-12-16-34(17-13-32)37(42)39(7,8)44)33-14-18-35(19-15-33)38(43)40(9,10)45/h12-19,26-31,36,41,44-45H,20-25H2,1-11H3. The molecule has 2 aromatic carbocycles. The van der Waals surface area contributed by atoms with Crippen molar-refractivity contribution in [1.29, 1.82) is 0 Å². The molecule has 0 aliphatic carbocycles. The number of methoxy groups -OCH3 is 1. The molecular formula is C40H63NO10. The fourth-order valence-electron chi connectivity index (χ4n) is 5.06. The molecule has 0 amide bonds. The molecule has 0 fully saturated rings. The van der Waals surface area contributed by atoms with Crippen molar-refractivity contribution in [3.8, 4) is 0 Å². The molecule has 2 aromatic rings. The van der Waals surface area contributed by atoms with Crippen LogP contribution < -0.4 is 5.32 Å². The summed E-state index contributed by atoms with van der Waals surface area (Å²) in [6, 6.07) is 13.8. The molecular weight excluding hydrogens is 654 g/mol. The summed E-state index contributed by atoms with van der Waals surface area (Å²) >= 11 is 0. The predicted octanol–water partition coefficient (Wildman–Crippen LogP) is 5.33. The van der Waals surface area contributed by atoms with Gasteiger partial charge in [0.1, 0.15) is 11.2 Å². The predicted molar refractivity (Wildman–Crippen MR) is 198 cm³/mol. The highest BCUT2D eigenvalue weighted by molar-refractivity contribution is 6.02. The van der Waals surface area contributed by atoms with E-state index in [1.165, 1.54) is 27.7 Å². The van der Waals surface area contributed by atoms with Crippen molar-refractivity contribution in [3.63, 3.8) is 0 Å². The number of nitrogens with one attached hydrogen (secondary N) is 1. The zero-order valence-corrected chi connectivity index (χ0v) is 32.6. The number of carbonyl (C=O) groups is 2. The Bertz CT molecular complexity index is 1230. The lowest BCUT2D eigenvalue weighted by atomic mass is 9.91. The van der Waals surface area contributed by atoms with E-state index in [1.54, 1.807) is 31.4 Å². The molecule has 0 aromatic heterocycles. The summed E-state index contributed by atoms with van der Waals surface area (Å²) in [4.78, 5) is 25.3. The smallest absolute Gasteiger partial charge is 0.193 e. The first kappa shape index (κ1) is 44.6. The van der Waals surface area contributed by atoms with Crippen molar-refractivity contribution in [2.45, 2.75) is 123 Å². The Morgan fingerprint density at radius 2 is 0.843 bits per heavy atom. The molecule has 3 N–H and O–H groups in total. The first-order valence-electron chi connectivity index (χ1n) is 17.9. The molecule has 11 heteroatoms. The van der Waals surface area contributed by atoms with Crippen LogP contribution in [-0.4, -0.2) is 116 Å². The summed E-state index contributed by atoms with van der Waals surface area (Å²) in [7, 11) is 1.65. The number of hydrogen-bond donors (Lipinski definition) is 3. The molecule has 6 atom stereocenters. The topological polar surface area (TPSA) is 142 Å². The molecule has 0 heterocycles. The van der Waals surface area contributed by atoms with Crippen molar-refractivity contribution in [2.24, 2.45) is 0 Å². The summed E-state index contributed by atoms with van der Waals surface area (Å²) < 4.78 is 34.7. The van der Waals surface area contributed by atoms with Gasteiger partial charge in [-0.3, -0.25) is 9.59 Å². The van der Waals surface area contributed by atoms with Crippen LogP contribution in [0.3, 0.4) is 0 Å². The highest BCUT2D eigenvalue weighted by Gasteiger charge is 2.27. The minimum absolute atomic E-state index is 0.0162. The third kappa shape index (κ3) is 16.3. The molecule has 51 heavy (non-hydrogen) atoms. The van der Waals surface area contributed by atoms with E-state index in [9.17, 15) is 19.8 Å². The number of rotatable bonds is 25. The summed E-state index contributed by atoms with van der Waals surface area (Å²) in [5.74, 6) is -0.731. The van der Waals surface area contributed by atoms with Gasteiger partial charge in [0, 0.05) is 24.3 Å². The van der Waals surface area contributed by atoms with Gasteiger partial charge in [-0.1, -0.05) is 48.5 Å². The largest absolute Gasteiger partial charge is 0.382 e. The summed E-state index contributed by atoms with van der Waals surface area (Å²) in [6.45, 7) is 20.4. The number of carbonyl (C=O) groups excluding carboxylic acids is 2. The number of ketones is 2. The van der Waals surface area contributed by atoms with Gasteiger partial charge in [0.15, 0.2) is 11.6 Å². The van der Waals surface area contributed by atoms with Crippen LogP contribution in [0.4, 0.5) is 0 Å². The Hall–Kier alpha value is -2.58.